The van der Waals surface area contributed by atoms with Crippen molar-refractivity contribution in [1.29, 1.82) is 0 Å². The maximum atomic E-state index is 12.0. The highest BCUT2D eigenvalue weighted by molar-refractivity contribution is 5.77. The molecule has 2 fully saturated rings. The van der Waals surface area contributed by atoms with Gasteiger partial charge in [-0.3, -0.25) is 9.78 Å². The van der Waals surface area contributed by atoms with Crippen LogP contribution in [0.1, 0.15) is 12.0 Å². The van der Waals surface area contributed by atoms with E-state index in [1.807, 2.05) is 23.2 Å². The zero-order valence-electron chi connectivity index (χ0n) is 14.2. The second-order valence-electron chi connectivity index (χ2n) is 7.06. The number of likely N-dealkylation sites (tertiary alicyclic amines) is 1. The quantitative estimate of drug-likeness (QED) is 0.926. The van der Waals surface area contributed by atoms with E-state index < -0.39 is 6.61 Å². The Kier molecular flexibility index (Phi) is 4.17. The van der Waals surface area contributed by atoms with Gasteiger partial charge < -0.3 is 14.9 Å². The molecular weight excluding hydrogens is 314 g/mol. The Hall–Kier alpha value is -2.40. The first-order valence-corrected chi connectivity index (χ1v) is 8.82. The van der Waals surface area contributed by atoms with Crippen molar-refractivity contribution in [1.82, 2.24) is 9.88 Å². The number of rotatable bonds is 3. The number of carbonyl (C=O) groups excluding carboxylic acids is 1. The fraction of sp³-hybridized carbons (Fsp3) is 0.400. The van der Waals surface area contributed by atoms with Crippen molar-refractivity contribution in [2.75, 3.05) is 37.7 Å². The number of nitrogens with zero attached hydrogens (tertiary/aromatic N) is 3. The molecule has 3 heterocycles. The Morgan fingerprint density at radius 2 is 2.04 bits per heavy atom. The highest BCUT2D eigenvalue weighted by atomic mass is 16.3. The van der Waals surface area contributed by atoms with Crippen LogP contribution in [0.25, 0.3) is 0 Å². The molecule has 5 heteroatoms. The van der Waals surface area contributed by atoms with Gasteiger partial charge in [-0.25, -0.2) is 0 Å². The predicted octanol–water partition coefficient (Wildman–Crippen LogP) is 1.68. The van der Waals surface area contributed by atoms with Gasteiger partial charge in [0.25, 0.3) is 0 Å². The number of piperidine rings is 1. The first kappa shape index (κ1) is 16.1. The van der Waals surface area contributed by atoms with Crippen LogP contribution in [0.5, 0.6) is 0 Å². The molecule has 0 radical (unpaired) electrons. The minimum absolute atomic E-state index is 0.0450. The zero-order valence-corrected chi connectivity index (χ0v) is 14.2. The molecule has 0 bridgehead atoms. The molecule has 130 valence electrons. The molecule has 2 saturated heterocycles. The SMILES string of the molecule is O=C(CO)N1CCC2(c3ccccc3)CN(c3cccnc3)CC2C1. The molecule has 2 aliphatic rings. The Balaban J connectivity index is 1.68. The molecule has 0 spiro atoms. The van der Waals surface area contributed by atoms with Crippen LogP contribution in [-0.2, 0) is 10.2 Å². The lowest BCUT2D eigenvalue weighted by atomic mass is 9.68. The third kappa shape index (κ3) is 2.78. The van der Waals surface area contributed by atoms with E-state index in [2.05, 4.69) is 40.2 Å². The molecule has 1 amide bonds. The summed E-state index contributed by atoms with van der Waals surface area (Å²) >= 11 is 0. The third-order valence-corrected chi connectivity index (χ3v) is 5.81. The molecule has 5 nitrogen and oxygen atoms in total. The molecular formula is C20H23N3O2. The van der Waals surface area contributed by atoms with Crippen molar-refractivity contribution in [2.24, 2.45) is 5.92 Å². The molecule has 1 aromatic carbocycles. The fourth-order valence-corrected chi connectivity index (χ4v) is 4.49. The van der Waals surface area contributed by atoms with Gasteiger partial charge in [-0.2, -0.15) is 0 Å². The molecule has 2 atom stereocenters. The number of aliphatic hydroxyl groups excluding tert-OH is 1. The molecule has 2 unspecified atom stereocenters. The first-order valence-electron chi connectivity index (χ1n) is 8.82. The van der Waals surface area contributed by atoms with E-state index in [0.29, 0.717) is 19.0 Å². The summed E-state index contributed by atoms with van der Waals surface area (Å²) in [6, 6.07) is 14.7. The normalized spacial score (nSPS) is 25.7. The summed E-state index contributed by atoms with van der Waals surface area (Å²) in [5, 5.41) is 9.23. The molecule has 25 heavy (non-hydrogen) atoms. The lowest BCUT2D eigenvalue weighted by Crippen LogP contribution is -2.51. The smallest absolute Gasteiger partial charge is 0.248 e. The summed E-state index contributed by atoms with van der Waals surface area (Å²) in [5.41, 5.74) is 2.53. The van der Waals surface area contributed by atoms with Crippen LogP contribution in [0.3, 0.4) is 0 Å². The third-order valence-electron chi connectivity index (χ3n) is 5.81. The van der Waals surface area contributed by atoms with E-state index in [1.165, 1.54) is 5.56 Å². The van der Waals surface area contributed by atoms with Crippen LogP contribution in [0, 0.1) is 5.92 Å². The van der Waals surface area contributed by atoms with Crippen LogP contribution < -0.4 is 4.90 Å². The minimum atomic E-state index is -0.405. The molecule has 1 aromatic heterocycles. The second kappa shape index (κ2) is 6.48. The lowest BCUT2D eigenvalue weighted by molar-refractivity contribution is -0.136. The zero-order chi connectivity index (χ0) is 17.3. The summed E-state index contributed by atoms with van der Waals surface area (Å²) < 4.78 is 0. The Labute approximate surface area is 147 Å². The number of aliphatic hydroxyl groups is 1. The molecule has 0 saturated carbocycles. The van der Waals surface area contributed by atoms with Gasteiger partial charge in [0.2, 0.25) is 5.91 Å². The molecule has 1 N–H and O–H groups in total. The number of anilines is 1. The van der Waals surface area contributed by atoms with Crippen molar-refractivity contribution in [3.63, 3.8) is 0 Å². The van der Waals surface area contributed by atoms with E-state index in [-0.39, 0.29) is 11.3 Å². The maximum Gasteiger partial charge on any atom is 0.248 e. The second-order valence-corrected chi connectivity index (χ2v) is 7.06. The van der Waals surface area contributed by atoms with Crippen LogP contribution in [0.4, 0.5) is 5.69 Å². The standard InChI is InChI=1S/C20H23N3O2/c24-14-19(25)22-10-8-20(16-5-2-1-3-6-16)15-23(13-17(20)12-22)18-7-4-9-21-11-18/h1-7,9,11,17,24H,8,10,12-15H2. The van der Waals surface area contributed by atoms with E-state index in [4.69, 9.17) is 0 Å². The summed E-state index contributed by atoms with van der Waals surface area (Å²) in [4.78, 5) is 20.5. The number of hydrogen-bond acceptors (Lipinski definition) is 4. The van der Waals surface area contributed by atoms with Crippen molar-refractivity contribution >= 4 is 11.6 Å². The first-order chi connectivity index (χ1) is 12.2. The van der Waals surface area contributed by atoms with Gasteiger partial charge in [0, 0.05) is 43.7 Å². The number of pyridine rings is 1. The molecule has 2 aromatic rings. The number of benzene rings is 1. The Morgan fingerprint density at radius 3 is 2.76 bits per heavy atom. The van der Waals surface area contributed by atoms with Crippen molar-refractivity contribution in [3.05, 3.63) is 60.4 Å². The Morgan fingerprint density at radius 1 is 1.20 bits per heavy atom. The monoisotopic (exact) mass is 337 g/mol. The minimum Gasteiger partial charge on any atom is -0.387 e. The van der Waals surface area contributed by atoms with Crippen molar-refractivity contribution < 1.29 is 9.90 Å². The largest absolute Gasteiger partial charge is 0.387 e. The van der Waals surface area contributed by atoms with Crippen LogP contribution >= 0.6 is 0 Å². The number of hydrogen-bond donors (Lipinski definition) is 1. The van der Waals surface area contributed by atoms with Crippen molar-refractivity contribution in [3.8, 4) is 0 Å². The fourth-order valence-electron chi connectivity index (χ4n) is 4.49. The van der Waals surface area contributed by atoms with Gasteiger partial charge in [-0.1, -0.05) is 30.3 Å². The van der Waals surface area contributed by atoms with Crippen LogP contribution in [-0.4, -0.2) is 53.7 Å². The van der Waals surface area contributed by atoms with Crippen LogP contribution in [0.15, 0.2) is 54.9 Å². The van der Waals surface area contributed by atoms with Crippen LogP contribution in [0.2, 0.25) is 0 Å². The number of amides is 1. The van der Waals surface area contributed by atoms with Gasteiger partial charge >= 0.3 is 0 Å². The average Bonchev–Trinajstić information content (AvgIpc) is 3.09. The number of carbonyl (C=O) groups is 1. The van der Waals surface area contributed by atoms with Gasteiger partial charge in [0.1, 0.15) is 6.61 Å². The average molecular weight is 337 g/mol. The summed E-state index contributed by atoms with van der Waals surface area (Å²) in [6.07, 6.45) is 4.62. The highest BCUT2D eigenvalue weighted by Crippen LogP contribution is 2.46. The lowest BCUT2D eigenvalue weighted by Gasteiger charge is -2.43. The summed E-state index contributed by atoms with van der Waals surface area (Å²) in [6.45, 7) is 2.83. The summed E-state index contributed by atoms with van der Waals surface area (Å²) in [5.74, 6) is 0.181. The van der Waals surface area contributed by atoms with Gasteiger partial charge in [-0.15, -0.1) is 0 Å². The van der Waals surface area contributed by atoms with E-state index in [0.717, 1.165) is 25.2 Å². The maximum absolute atomic E-state index is 12.0. The van der Waals surface area contributed by atoms with E-state index in [9.17, 15) is 9.90 Å². The Bertz CT molecular complexity index is 737. The molecule has 4 rings (SSSR count). The summed E-state index contributed by atoms with van der Waals surface area (Å²) in [7, 11) is 0. The van der Waals surface area contributed by atoms with E-state index >= 15 is 0 Å². The molecule has 0 aliphatic carbocycles. The molecule has 2 aliphatic heterocycles. The highest BCUT2D eigenvalue weighted by Gasteiger charge is 2.51. The van der Waals surface area contributed by atoms with Gasteiger partial charge in [-0.05, 0) is 24.1 Å². The van der Waals surface area contributed by atoms with Gasteiger partial charge in [0.05, 0.1) is 11.9 Å². The number of fused-ring (bicyclic) bond motifs is 1. The van der Waals surface area contributed by atoms with E-state index in [1.54, 1.807) is 6.20 Å². The number of aromatic nitrogens is 1. The van der Waals surface area contributed by atoms with Gasteiger partial charge in [0.15, 0.2) is 0 Å². The topological polar surface area (TPSA) is 56.7 Å². The predicted molar refractivity (Wildman–Crippen MR) is 96.3 cm³/mol. The van der Waals surface area contributed by atoms with Crippen molar-refractivity contribution in [2.45, 2.75) is 11.8 Å².